The zero-order valence-corrected chi connectivity index (χ0v) is 8.25. The van der Waals surface area contributed by atoms with Crippen LogP contribution in [0.25, 0.3) is 0 Å². The fourth-order valence-corrected chi connectivity index (χ4v) is 2.40. The van der Waals surface area contributed by atoms with E-state index in [0.29, 0.717) is 0 Å². The molecule has 76 valence electrons. The molecule has 0 aromatic heterocycles. The maximum Gasteiger partial charge on any atom is 0.251 e. The first kappa shape index (κ1) is 10.5. The lowest BCUT2D eigenvalue weighted by molar-refractivity contribution is -0.138. The summed E-state index contributed by atoms with van der Waals surface area (Å²) in [5, 5.41) is 8.96. The zero-order valence-electron chi connectivity index (χ0n) is 7.43. The lowest BCUT2D eigenvalue weighted by Crippen LogP contribution is -2.47. The van der Waals surface area contributed by atoms with E-state index in [0.717, 1.165) is 0 Å². The Bertz CT molecular complexity index is 282. The minimum Gasteiger partial charge on any atom is -0.384 e. The van der Waals surface area contributed by atoms with Crippen molar-refractivity contribution in [3.63, 3.8) is 0 Å². The highest BCUT2D eigenvalue weighted by atomic mass is 32.2. The third-order valence-electron chi connectivity index (χ3n) is 2.01. The van der Waals surface area contributed by atoms with Crippen molar-refractivity contribution in [2.24, 2.45) is 0 Å². The molecule has 0 unspecified atom stereocenters. The van der Waals surface area contributed by atoms with Gasteiger partial charge in [0.05, 0.1) is 11.5 Å². The quantitative estimate of drug-likeness (QED) is 0.575. The molecule has 1 amide bonds. The smallest absolute Gasteiger partial charge is 0.251 e. The number of aliphatic hydroxyl groups excluding tert-OH is 1. The number of nitrogens with zero attached hydrogens (tertiary/aromatic N) is 1. The third kappa shape index (κ3) is 2.67. The SMILES string of the molecule is C[C@@H](O)C(=O)N1CCS(=O)(=O)CC1. The van der Waals surface area contributed by atoms with Crippen molar-refractivity contribution in [3.8, 4) is 0 Å². The molecule has 1 heterocycles. The number of carbonyl (C=O) groups excluding carboxylic acids is 1. The molecule has 0 aliphatic carbocycles. The molecule has 1 aliphatic heterocycles. The maximum absolute atomic E-state index is 11.2. The first-order valence-electron chi connectivity index (χ1n) is 4.10. The van der Waals surface area contributed by atoms with E-state index in [1.807, 2.05) is 0 Å². The Morgan fingerprint density at radius 3 is 2.23 bits per heavy atom. The van der Waals surface area contributed by atoms with Crippen LogP contribution < -0.4 is 0 Å². The second-order valence-electron chi connectivity index (χ2n) is 3.15. The lowest BCUT2D eigenvalue weighted by Gasteiger charge is -2.27. The van der Waals surface area contributed by atoms with Crippen LogP contribution in [0.3, 0.4) is 0 Å². The highest BCUT2D eigenvalue weighted by Crippen LogP contribution is 2.05. The number of carbonyl (C=O) groups is 1. The van der Waals surface area contributed by atoms with Crippen LogP contribution in [0.2, 0.25) is 0 Å². The number of sulfone groups is 1. The Balaban J connectivity index is 2.55. The van der Waals surface area contributed by atoms with Gasteiger partial charge in [0.15, 0.2) is 9.84 Å². The molecular formula is C7H13NO4S. The number of hydrogen-bond donors (Lipinski definition) is 1. The van der Waals surface area contributed by atoms with E-state index in [1.54, 1.807) is 0 Å². The molecule has 6 heteroatoms. The number of rotatable bonds is 1. The summed E-state index contributed by atoms with van der Waals surface area (Å²) in [6, 6.07) is 0. The highest BCUT2D eigenvalue weighted by molar-refractivity contribution is 7.91. The van der Waals surface area contributed by atoms with Gasteiger partial charge in [-0.2, -0.15) is 0 Å². The predicted molar refractivity (Wildman–Crippen MR) is 46.9 cm³/mol. The lowest BCUT2D eigenvalue weighted by atomic mass is 10.3. The van der Waals surface area contributed by atoms with Gasteiger partial charge in [-0.25, -0.2) is 8.42 Å². The summed E-state index contributed by atoms with van der Waals surface area (Å²) in [5.74, 6) is -0.383. The molecule has 13 heavy (non-hydrogen) atoms. The van der Waals surface area contributed by atoms with Crippen molar-refractivity contribution in [3.05, 3.63) is 0 Å². The van der Waals surface area contributed by atoms with Gasteiger partial charge < -0.3 is 10.0 Å². The van der Waals surface area contributed by atoms with Crippen molar-refractivity contribution in [1.29, 1.82) is 0 Å². The molecule has 1 saturated heterocycles. The van der Waals surface area contributed by atoms with Gasteiger partial charge in [0, 0.05) is 13.1 Å². The van der Waals surface area contributed by atoms with Crippen LogP contribution >= 0.6 is 0 Å². The van der Waals surface area contributed by atoms with Gasteiger partial charge in [-0.05, 0) is 6.92 Å². The number of aliphatic hydroxyl groups is 1. The van der Waals surface area contributed by atoms with E-state index in [4.69, 9.17) is 5.11 Å². The van der Waals surface area contributed by atoms with Crippen molar-refractivity contribution in [1.82, 2.24) is 4.90 Å². The van der Waals surface area contributed by atoms with E-state index in [9.17, 15) is 13.2 Å². The van der Waals surface area contributed by atoms with Gasteiger partial charge in [0.1, 0.15) is 6.10 Å². The van der Waals surface area contributed by atoms with Crippen molar-refractivity contribution in [2.75, 3.05) is 24.6 Å². The van der Waals surface area contributed by atoms with Gasteiger partial charge in [-0.3, -0.25) is 4.79 Å². The Hall–Kier alpha value is -0.620. The van der Waals surface area contributed by atoms with Gasteiger partial charge >= 0.3 is 0 Å². The summed E-state index contributed by atoms with van der Waals surface area (Å²) in [4.78, 5) is 12.6. The van der Waals surface area contributed by atoms with Crippen LogP contribution in [0.4, 0.5) is 0 Å². The molecule has 1 N–H and O–H groups in total. The van der Waals surface area contributed by atoms with E-state index >= 15 is 0 Å². The first-order valence-corrected chi connectivity index (χ1v) is 5.92. The Labute approximate surface area is 77.3 Å². The summed E-state index contributed by atoms with van der Waals surface area (Å²) in [6.07, 6.45) is -1.04. The molecule has 0 radical (unpaired) electrons. The van der Waals surface area contributed by atoms with Crippen molar-refractivity contribution in [2.45, 2.75) is 13.0 Å². The van der Waals surface area contributed by atoms with Gasteiger partial charge in [-0.15, -0.1) is 0 Å². The van der Waals surface area contributed by atoms with Gasteiger partial charge in [0.25, 0.3) is 5.91 Å². The minimum absolute atomic E-state index is 0.00542. The summed E-state index contributed by atoms with van der Waals surface area (Å²) in [6.45, 7) is 1.78. The highest BCUT2D eigenvalue weighted by Gasteiger charge is 2.26. The van der Waals surface area contributed by atoms with Gasteiger partial charge in [-0.1, -0.05) is 0 Å². The molecule has 0 bridgehead atoms. The average molecular weight is 207 g/mol. The fraction of sp³-hybridized carbons (Fsp3) is 0.857. The van der Waals surface area contributed by atoms with E-state index in [2.05, 4.69) is 0 Å². The largest absolute Gasteiger partial charge is 0.384 e. The van der Waals surface area contributed by atoms with Crippen LogP contribution in [0.5, 0.6) is 0 Å². The molecule has 0 spiro atoms. The number of hydrogen-bond acceptors (Lipinski definition) is 4. The maximum atomic E-state index is 11.2. The van der Waals surface area contributed by atoms with Crippen LogP contribution in [0, 0.1) is 0 Å². The average Bonchev–Trinajstić information content (AvgIpc) is 2.03. The Kier molecular flexibility index (Phi) is 2.92. The van der Waals surface area contributed by atoms with Crippen molar-refractivity contribution < 1.29 is 18.3 Å². The second-order valence-corrected chi connectivity index (χ2v) is 5.46. The monoisotopic (exact) mass is 207 g/mol. The zero-order chi connectivity index (χ0) is 10.1. The molecule has 0 aromatic carbocycles. The molecular weight excluding hydrogens is 194 g/mol. The summed E-state index contributed by atoms with van der Waals surface area (Å²) in [7, 11) is -2.95. The predicted octanol–water partition coefficient (Wildman–Crippen LogP) is -1.38. The van der Waals surface area contributed by atoms with Crippen molar-refractivity contribution >= 4 is 15.7 Å². The number of amides is 1. The fourth-order valence-electron chi connectivity index (χ4n) is 1.20. The summed E-state index contributed by atoms with van der Waals surface area (Å²) >= 11 is 0. The Morgan fingerprint density at radius 2 is 1.85 bits per heavy atom. The van der Waals surface area contributed by atoms with Crippen LogP contribution in [-0.2, 0) is 14.6 Å². The summed E-state index contributed by atoms with van der Waals surface area (Å²) in [5.41, 5.74) is 0. The van der Waals surface area contributed by atoms with Crippen LogP contribution in [0.1, 0.15) is 6.92 Å². The Morgan fingerprint density at radius 1 is 1.38 bits per heavy atom. The molecule has 1 fully saturated rings. The normalized spacial score (nSPS) is 24.0. The molecule has 0 aromatic rings. The van der Waals surface area contributed by atoms with E-state index in [1.165, 1.54) is 11.8 Å². The molecule has 1 rings (SSSR count). The van der Waals surface area contributed by atoms with Crippen LogP contribution in [-0.4, -0.2) is 55.0 Å². The van der Waals surface area contributed by atoms with E-state index < -0.39 is 21.8 Å². The molecule has 1 aliphatic rings. The second kappa shape index (κ2) is 3.63. The third-order valence-corrected chi connectivity index (χ3v) is 3.62. The molecule has 5 nitrogen and oxygen atoms in total. The first-order chi connectivity index (χ1) is 5.92. The summed E-state index contributed by atoms with van der Waals surface area (Å²) < 4.78 is 22.0. The molecule has 1 atom stereocenters. The van der Waals surface area contributed by atoms with Crippen LogP contribution in [0.15, 0.2) is 0 Å². The topological polar surface area (TPSA) is 74.7 Å². The van der Waals surface area contributed by atoms with E-state index in [-0.39, 0.29) is 24.6 Å². The van der Waals surface area contributed by atoms with Gasteiger partial charge in [0.2, 0.25) is 0 Å². The molecule has 0 saturated carbocycles. The standard InChI is InChI=1S/C7H13NO4S/c1-6(9)7(10)8-2-4-13(11,12)5-3-8/h6,9H,2-5H2,1H3/t6-/m1/s1. The minimum atomic E-state index is -2.95.